The topological polar surface area (TPSA) is 131 Å². The van der Waals surface area contributed by atoms with Gasteiger partial charge in [-0.3, -0.25) is 19.6 Å². The summed E-state index contributed by atoms with van der Waals surface area (Å²) in [4.78, 5) is 26.5. The number of amides is 1. The Morgan fingerprint density at radius 1 is 1.21 bits per heavy atom. The number of hydrogen-bond acceptors (Lipinski definition) is 7. The molecule has 2 N–H and O–H groups in total. The fraction of sp³-hybridized carbons (Fsp3) is 0.0588. The molecule has 0 aliphatic heterocycles. The zero-order chi connectivity index (χ0) is 21.0. The number of carbonyl (C=O) groups is 1. The first-order valence-electron chi connectivity index (χ1n) is 8.00. The molecule has 0 saturated carbocycles. The van der Waals surface area contributed by atoms with Crippen LogP contribution in [0.4, 0.5) is 16.5 Å². The molecule has 0 fully saturated rings. The van der Waals surface area contributed by atoms with Gasteiger partial charge in [-0.1, -0.05) is 29.8 Å². The largest absolute Gasteiger partial charge is 0.324 e. The van der Waals surface area contributed by atoms with Crippen molar-refractivity contribution in [3.63, 3.8) is 0 Å². The van der Waals surface area contributed by atoms with Gasteiger partial charge >= 0.3 is 0 Å². The molecule has 0 bridgehead atoms. The second-order valence-electron chi connectivity index (χ2n) is 5.71. The predicted molar refractivity (Wildman–Crippen MR) is 110 cm³/mol. The number of nitrogens with zero attached hydrogens (tertiary/aromatic N) is 2. The summed E-state index contributed by atoms with van der Waals surface area (Å²) in [6.07, 6.45) is -0.128. The molecule has 0 unspecified atom stereocenters. The summed E-state index contributed by atoms with van der Waals surface area (Å²) in [6.45, 7) is 0. The van der Waals surface area contributed by atoms with Crippen LogP contribution in [0.15, 0.2) is 58.8 Å². The van der Waals surface area contributed by atoms with E-state index in [9.17, 15) is 23.3 Å². The molecule has 3 aromatic rings. The van der Waals surface area contributed by atoms with Crippen molar-refractivity contribution in [3.8, 4) is 0 Å². The van der Waals surface area contributed by atoms with E-state index in [1.54, 1.807) is 23.6 Å². The number of thiazole rings is 1. The van der Waals surface area contributed by atoms with Gasteiger partial charge in [0.25, 0.3) is 15.7 Å². The number of nitrogens with one attached hydrogen (secondary N) is 2. The highest BCUT2D eigenvalue weighted by atomic mass is 35.5. The zero-order valence-corrected chi connectivity index (χ0v) is 16.9. The molecule has 0 aliphatic carbocycles. The minimum Gasteiger partial charge on any atom is -0.324 e. The number of nitro benzene ring substituents is 1. The molecule has 0 aliphatic rings. The van der Waals surface area contributed by atoms with Gasteiger partial charge < -0.3 is 5.32 Å². The normalized spacial score (nSPS) is 11.1. The van der Waals surface area contributed by atoms with Gasteiger partial charge in [0.05, 0.1) is 32.6 Å². The number of non-ortho nitro benzene ring substituents is 1. The van der Waals surface area contributed by atoms with Crippen molar-refractivity contribution >= 4 is 55.4 Å². The molecule has 12 heteroatoms. The third-order valence-corrected chi connectivity index (χ3v) is 6.21. The lowest BCUT2D eigenvalue weighted by Gasteiger charge is -2.06. The minimum absolute atomic E-state index is 0.0298. The summed E-state index contributed by atoms with van der Waals surface area (Å²) in [5.74, 6) is -0.455. The van der Waals surface area contributed by atoms with Gasteiger partial charge in [-0.05, 0) is 18.2 Å². The highest BCUT2D eigenvalue weighted by Crippen LogP contribution is 2.27. The Labute approximate surface area is 174 Å². The number of sulfonamides is 1. The van der Waals surface area contributed by atoms with E-state index in [2.05, 4.69) is 15.0 Å². The van der Waals surface area contributed by atoms with Crippen LogP contribution in [0.3, 0.4) is 0 Å². The Balaban J connectivity index is 1.64. The lowest BCUT2D eigenvalue weighted by atomic mass is 10.2. The quantitative estimate of drug-likeness (QED) is 0.415. The molecule has 3 rings (SSSR count). The molecule has 0 saturated heterocycles. The molecule has 0 radical (unpaired) electrons. The van der Waals surface area contributed by atoms with E-state index in [4.69, 9.17) is 11.6 Å². The van der Waals surface area contributed by atoms with E-state index in [-0.39, 0.29) is 32.8 Å². The Kier molecular flexibility index (Phi) is 6.11. The summed E-state index contributed by atoms with van der Waals surface area (Å²) in [7, 11) is -3.77. The number of aromatic nitrogens is 1. The average molecular weight is 453 g/mol. The van der Waals surface area contributed by atoms with Gasteiger partial charge in [0, 0.05) is 17.5 Å². The van der Waals surface area contributed by atoms with E-state index in [1.807, 2.05) is 0 Å². The van der Waals surface area contributed by atoms with Gasteiger partial charge in [-0.25, -0.2) is 13.4 Å². The molecule has 2 aromatic carbocycles. The maximum atomic E-state index is 12.3. The summed E-state index contributed by atoms with van der Waals surface area (Å²) in [6, 6.07) is 11.5. The Hall–Kier alpha value is -3.02. The van der Waals surface area contributed by atoms with Crippen LogP contribution in [0, 0.1) is 10.1 Å². The zero-order valence-electron chi connectivity index (χ0n) is 14.5. The second-order valence-corrected chi connectivity index (χ2v) is 8.66. The fourth-order valence-electron chi connectivity index (χ4n) is 2.29. The first-order chi connectivity index (χ1) is 13.7. The van der Waals surface area contributed by atoms with Crippen LogP contribution < -0.4 is 10.0 Å². The summed E-state index contributed by atoms with van der Waals surface area (Å²) >= 11 is 6.99. The maximum absolute atomic E-state index is 12.3. The number of hydrogen-bond donors (Lipinski definition) is 2. The van der Waals surface area contributed by atoms with Crippen molar-refractivity contribution in [3.05, 3.63) is 74.7 Å². The van der Waals surface area contributed by atoms with Crippen molar-refractivity contribution in [1.29, 1.82) is 0 Å². The Morgan fingerprint density at radius 3 is 2.59 bits per heavy atom. The van der Waals surface area contributed by atoms with E-state index in [1.165, 1.54) is 24.3 Å². The van der Waals surface area contributed by atoms with Crippen molar-refractivity contribution in [1.82, 2.24) is 4.98 Å². The van der Waals surface area contributed by atoms with Gasteiger partial charge in [0.1, 0.15) is 0 Å². The third kappa shape index (κ3) is 5.28. The van der Waals surface area contributed by atoms with Gasteiger partial charge in [0.2, 0.25) is 5.91 Å². The molecule has 150 valence electrons. The number of benzene rings is 2. The van der Waals surface area contributed by atoms with Crippen LogP contribution in [0.1, 0.15) is 5.69 Å². The van der Waals surface area contributed by atoms with E-state index in [0.717, 1.165) is 17.4 Å². The molecule has 9 nitrogen and oxygen atoms in total. The maximum Gasteiger partial charge on any atom is 0.271 e. The molecule has 0 spiro atoms. The van der Waals surface area contributed by atoms with E-state index >= 15 is 0 Å². The summed E-state index contributed by atoms with van der Waals surface area (Å²) in [5, 5.41) is 15.0. The first kappa shape index (κ1) is 20.7. The molecular weight excluding hydrogens is 440 g/mol. The smallest absolute Gasteiger partial charge is 0.271 e. The van der Waals surface area contributed by atoms with Crippen molar-refractivity contribution in [2.24, 2.45) is 0 Å². The van der Waals surface area contributed by atoms with Crippen LogP contribution in [0.2, 0.25) is 5.02 Å². The number of nitro groups is 1. The van der Waals surface area contributed by atoms with E-state index in [0.29, 0.717) is 5.69 Å². The number of halogens is 1. The Bertz CT molecular complexity index is 1170. The van der Waals surface area contributed by atoms with Crippen LogP contribution in [-0.4, -0.2) is 24.2 Å². The highest BCUT2D eigenvalue weighted by molar-refractivity contribution is 7.93. The molecular formula is C17H13ClN4O5S2. The summed E-state index contributed by atoms with van der Waals surface area (Å²) < 4.78 is 27.0. The van der Waals surface area contributed by atoms with Crippen LogP contribution >= 0.6 is 22.9 Å². The molecule has 1 aromatic heterocycles. The fourth-order valence-corrected chi connectivity index (χ4v) is 4.49. The molecule has 1 heterocycles. The van der Waals surface area contributed by atoms with E-state index < -0.39 is 20.9 Å². The average Bonchev–Trinajstić information content (AvgIpc) is 3.09. The Morgan fingerprint density at radius 2 is 1.93 bits per heavy atom. The second kappa shape index (κ2) is 8.55. The number of anilines is 2. The van der Waals surface area contributed by atoms with Crippen LogP contribution in [-0.2, 0) is 21.2 Å². The number of carbonyl (C=O) groups excluding carboxylic acids is 1. The lowest BCUT2D eigenvalue weighted by molar-refractivity contribution is -0.384. The highest BCUT2D eigenvalue weighted by Gasteiger charge is 2.17. The monoisotopic (exact) mass is 452 g/mol. The lowest BCUT2D eigenvalue weighted by Crippen LogP contribution is -2.15. The van der Waals surface area contributed by atoms with Crippen LogP contribution in [0.25, 0.3) is 0 Å². The van der Waals surface area contributed by atoms with Gasteiger partial charge in [-0.2, -0.15) is 0 Å². The van der Waals surface area contributed by atoms with Crippen molar-refractivity contribution in [2.45, 2.75) is 11.3 Å². The van der Waals surface area contributed by atoms with Crippen molar-refractivity contribution < 1.29 is 18.1 Å². The third-order valence-electron chi connectivity index (χ3n) is 3.61. The SMILES string of the molecule is O=C(Cc1csc(NS(=O)(=O)c2ccccc2)n1)Nc1ccc([N+](=O)[O-])cc1Cl. The first-order valence-corrected chi connectivity index (χ1v) is 10.7. The molecule has 29 heavy (non-hydrogen) atoms. The predicted octanol–water partition coefficient (Wildman–Crippen LogP) is 3.69. The van der Waals surface area contributed by atoms with Gasteiger partial charge in [0.15, 0.2) is 5.13 Å². The number of rotatable bonds is 7. The van der Waals surface area contributed by atoms with Gasteiger partial charge in [-0.15, -0.1) is 11.3 Å². The van der Waals surface area contributed by atoms with Crippen LogP contribution in [0.5, 0.6) is 0 Å². The van der Waals surface area contributed by atoms with Crippen molar-refractivity contribution in [2.75, 3.05) is 10.0 Å². The molecule has 0 atom stereocenters. The summed E-state index contributed by atoms with van der Waals surface area (Å²) in [5.41, 5.74) is 0.390. The standard InChI is InChI=1S/C17H13ClN4O5S2/c18-14-9-12(22(24)25)6-7-15(14)20-16(23)8-11-10-28-17(19-11)21-29(26,27)13-4-2-1-3-5-13/h1-7,9-10H,8H2,(H,19,21)(H,20,23). The molecule has 1 amide bonds. The minimum atomic E-state index is -3.77.